The molecule has 7 nitrogen and oxygen atoms in total. The van der Waals surface area contributed by atoms with Crippen LogP contribution in [-0.2, 0) is 0 Å². The predicted molar refractivity (Wildman–Crippen MR) is 36.2 cm³/mol. The molecule has 7 heteroatoms. The lowest BCUT2D eigenvalue weighted by atomic mass is 10.5. The number of hydrazone groups is 1. The van der Waals surface area contributed by atoms with Gasteiger partial charge in [-0.05, 0) is 0 Å². The van der Waals surface area contributed by atoms with Crippen LogP contribution in [0.3, 0.4) is 0 Å². The Kier molecular flexibility index (Phi) is 1.61. The van der Waals surface area contributed by atoms with E-state index in [9.17, 15) is 0 Å². The Morgan fingerprint density at radius 3 is 2.90 bits per heavy atom. The van der Waals surface area contributed by atoms with Gasteiger partial charge in [0.2, 0.25) is 0 Å². The summed E-state index contributed by atoms with van der Waals surface area (Å²) in [6, 6.07) is 0. The van der Waals surface area contributed by atoms with Crippen molar-refractivity contribution in [1.82, 2.24) is 16.1 Å². The minimum absolute atomic E-state index is 0.286. The zero-order chi connectivity index (χ0) is 7.56. The van der Waals surface area contributed by atoms with Crippen LogP contribution < -0.4 is 28.3 Å². The van der Waals surface area contributed by atoms with Crippen LogP contribution in [0.15, 0.2) is 17.0 Å². The van der Waals surface area contributed by atoms with Gasteiger partial charge in [-0.1, -0.05) is 0 Å². The van der Waals surface area contributed by atoms with Gasteiger partial charge in [0.25, 0.3) is 0 Å². The second-order valence-electron chi connectivity index (χ2n) is 1.68. The van der Waals surface area contributed by atoms with Crippen molar-refractivity contribution in [3.8, 4) is 0 Å². The highest BCUT2D eigenvalue weighted by atomic mass is 15.8. The Morgan fingerprint density at radius 1 is 1.70 bits per heavy atom. The molecule has 0 radical (unpaired) electrons. The molecular weight excluding hydrogens is 134 g/mol. The summed E-state index contributed by atoms with van der Waals surface area (Å²) in [6.07, 6.45) is 1.52. The first-order chi connectivity index (χ1) is 4.72. The second kappa shape index (κ2) is 2.42. The molecule has 10 heavy (non-hydrogen) atoms. The van der Waals surface area contributed by atoms with Gasteiger partial charge in [0.1, 0.15) is 5.82 Å². The number of amidine groups is 1. The molecule has 0 bridgehead atoms. The number of nitrogens with two attached hydrogens (primary N) is 3. The number of hydrogen-bond acceptors (Lipinski definition) is 7. The maximum absolute atomic E-state index is 5.31. The van der Waals surface area contributed by atoms with E-state index >= 15 is 0 Å². The zero-order valence-electron chi connectivity index (χ0n) is 5.20. The molecule has 0 aliphatic carbocycles. The van der Waals surface area contributed by atoms with E-state index in [2.05, 4.69) is 16.0 Å². The predicted octanol–water partition coefficient (Wildman–Crippen LogP) is -2.74. The largest absolute Gasteiger partial charge is 0.382 e. The van der Waals surface area contributed by atoms with Crippen LogP contribution in [0.4, 0.5) is 0 Å². The van der Waals surface area contributed by atoms with E-state index < -0.39 is 0 Å². The van der Waals surface area contributed by atoms with Gasteiger partial charge >= 0.3 is 0 Å². The summed E-state index contributed by atoms with van der Waals surface area (Å²) >= 11 is 0. The molecule has 8 N–H and O–H groups in total. The quantitative estimate of drug-likeness (QED) is 0.201. The second-order valence-corrected chi connectivity index (χ2v) is 1.68. The van der Waals surface area contributed by atoms with Crippen molar-refractivity contribution in [2.75, 3.05) is 0 Å². The average Bonchev–Trinajstić information content (AvgIpc) is 1.85. The molecule has 0 amide bonds. The van der Waals surface area contributed by atoms with E-state index in [4.69, 9.17) is 17.4 Å². The van der Waals surface area contributed by atoms with Crippen molar-refractivity contribution in [2.45, 2.75) is 0 Å². The highest BCUT2D eigenvalue weighted by Crippen LogP contribution is 1.89. The third kappa shape index (κ3) is 1.27. The lowest BCUT2D eigenvalue weighted by Crippen LogP contribution is -2.48. The van der Waals surface area contributed by atoms with Crippen molar-refractivity contribution in [2.24, 2.45) is 22.5 Å². The van der Waals surface area contributed by atoms with Crippen LogP contribution >= 0.6 is 0 Å². The topological polar surface area (TPSA) is 118 Å². The van der Waals surface area contributed by atoms with Crippen molar-refractivity contribution in [1.29, 1.82) is 0 Å². The normalized spacial score (nSPS) is 17.2. The lowest BCUT2D eigenvalue weighted by molar-refractivity contribution is 0.217. The first-order valence-electron chi connectivity index (χ1n) is 2.56. The van der Waals surface area contributed by atoms with Crippen LogP contribution in [0.2, 0.25) is 0 Å². The molecule has 1 heterocycles. The van der Waals surface area contributed by atoms with Crippen molar-refractivity contribution in [3.05, 3.63) is 11.9 Å². The summed E-state index contributed by atoms with van der Waals surface area (Å²) in [5.74, 6) is 11.0. The van der Waals surface area contributed by atoms with E-state index in [1.807, 2.05) is 0 Å². The third-order valence-corrected chi connectivity index (χ3v) is 0.906. The third-order valence-electron chi connectivity index (χ3n) is 0.906. The summed E-state index contributed by atoms with van der Waals surface area (Å²) in [5, 5.41) is 4.57. The van der Waals surface area contributed by atoms with Gasteiger partial charge in [0.15, 0.2) is 5.84 Å². The SMILES string of the molecule is NNC1=CC(N)=NN(N)N1. The van der Waals surface area contributed by atoms with E-state index in [0.717, 1.165) is 5.23 Å². The highest BCUT2D eigenvalue weighted by molar-refractivity contribution is 5.92. The van der Waals surface area contributed by atoms with Gasteiger partial charge in [0, 0.05) is 6.08 Å². The van der Waals surface area contributed by atoms with Crippen molar-refractivity contribution >= 4 is 5.84 Å². The summed E-state index contributed by atoms with van der Waals surface area (Å²) in [4.78, 5) is 0. The molecular formula is C3H9N7. The monoisotopic (exact) mass is 143 g/mol. The number of nitrogens with one attached hydrogen (secondary N) is 2. The maximum atomic E-state index is 5.31. The van der Waals surface area contributed by atoms with Gasteiger partial charge in [-0.3, -0.25) is 5.43 Å². The fourth-order valence-electron chi connectivity index (χ4n) is 0.556. The minimum Gasteiger partial charge on any atom is -0.382 e. The summed E-state index contributed by atoms with van der Waals surface area (Å²) in [7, 11) is 0. The number of nitrogens with zero attached hydrogens (tertiary/aromatic N) is 2. The Labute approximate surface area is 57.4 Å². The highest BCUT2D eigenvalue weighted by Gasteiger charge is 2.04. The number of hydrazine groups is 3. The summed E-state index contributed by atoms with van der Waals surface area (Å²) in [5.41, 5.74) is 10.2. The minimum atomic E-state index is 0.286. The van der Waals surface area contributed by atoms with Crippen LogP contribution in [0.25, 0.3) is 0 Å². The fourth-order valence-corrected chi connectivity index (χ4v) is 0.556. The van der Waals surface area contributed by atoms with Crippen LogP contribution in [0.5, 0.6) is 0 Å². The van der Waals surface area contributed by atoms with E-state index in [0.29, 0.717) is 5.82 Å². The van der Waals surface area contributed by atoms with Gasteiger partial charge in [-0.25, -0.2) is 11.7 Å². The standard InChI is InChI=1S/C3H9N7/c4-2-1-3(7-5)9-10(6)8-2/h1,7,9H,5-6H2,(H2,4,8). The van der Waals surface area contributed by atoms with Gasteiger partial charge in [-0.15, -0.1) is 10.3 Å². The molecule has 0 aromatic carbocycles. The van der Waals surface area contributed by atoms with Crippen molar-refractivity contribution < 1.29 is 0 Å². The smallest absolute Gasteiger partial charge is 0.150 e. The molecule has 0 spiro atoms. The van der Waals surface area contributed by atoms with Crippen LogP contribution in [0, 0.1) is 0 Å². The molecule has 0 aromatic heterocycles. The lowest BCUT2D eigenvalue weighted by Gasteiger charge is -2.20. The van der Waals surface area contributed by atoms with E-state index in [1.54, 1.807) is 0 Å². The number of rotatable bonds is 1. The van der Waals surface area contributed by atoms with Crippen molar-refractivity contribution in [3.63, 3.8) is 0 Å². The number of hydrogen-bond donors (Lipinski definition) is 5. The first kappa shape index (κ1) is 6.65. The molecule has 0 saturated carbocycles. The fraction of sp³-hybridized carbons (Fsp3) is 0. The summed E-state index contributed by atoms with van der Waals surface area (Å²) in [6.45, 7) is 0. The van der Waals surface area contributed by atoms with Crippen LogP contribution in [-0.4, -0.2) is 11.1 Å². The molecule has 0 fully saturated rings. The average molecular weight is 143 g/mol. The van der Waals surface area contributed by atoms with E-state index in [-0.39, 0.29) is 5.84 Å². The zero-order valence-corrected chi connectivity index (χ0v) is 5.20. The molecule has 0 unspecified atom stereocenters. The summed E-state index contributed by atoms with van der Waals surface area (Å²) < 4.78 is 0. The Hall–Kier alpha value is -1.47. The Morgan fingerprint density at radius 2 is 2.40 bits per heavy atom. The first-order valence-corrected chi connectivity index (χ1v) is 2.56. The molecule has 1 aliphatic heterocycles. The van der Waals surface area contributed by atoms with Gasteiger partial charge < -0.3 is 11.2 Å². The van der Waals surface area contributed by atoms with Gasteiger partial charge in [0.05, 0.1) is 0 Å². The van der Waals surface area contributed by atoms with Gasteiger partial charge in [-0.2, -0.15) is 0 Å². The van der Waals surface area contributed by atoms with E-state index in [1.165, 1.54) is 6.08 Å². The molecule has 56 valence electrons. The molecule has 1 aliphatic rings. The molecule has 0 saturated heterocycles. The molecule has 1 rings (SSSR count). The Bertz CT molecular complexity index is 181. The molecule has 0 aromatic rings. The molecule has 0 atom stereocenters. The maximum Gasteiger partial charge on any atom is 0.150 e. The van der Waals surface area contributed by atoms with Crippen LogP contribution in [0.1, 0.15) is 0 Å². The Balaban J connectivity index is 2.70.